The maximum Gasteiger partial charge on any atom is 0.573 e. The average molecular weight is 420 g/mol. The van der Waals surface area contributed by atoms with E-state index in [1.54, 1.807) is 6.92 Å². The summed E-state index contributed by atoms with van der Waals surface area (Å²) < 4.78 is 79.6. The third kappa shape index (κ3) is 5.92. The normalized spacial score (nSPS) is 11.9. The van der Waals surface area contributed by atoms with E-state index in [2.05, 4.69) is 9.46 Å². The second-order valence-electron chi connectivity index (χ2n) is 5.46. The zero-order valence-corrected chi connectivity index (χ0v) is 15.3. The second-order valence-corrected chi connectivity index (χ2v) is 7.23. The smallest absolute Gasteiger partial charge is 0.406 e. The molecule has 0 heterocycles. The number of carbonyl (C=O) groups excluding carboxylic acids is 1. The van der Waals surface area contributed by atoms with Gasteiger partial charge in [0.1, 0.15) is 11.6 Å². The number of nitrogens with one attached hydrogen (secondary N) is 1. The Morgan fingerprint density at radius 1 is 1.07 bits per heavy atom. The van der Waals surface area contributed by atoms with E-state index in [9.17, 15) is 30.8 Å². The van der Waals surface area contributed by atoms with Gasteiger partial charge in [0, 0.05) is 12.2 Å². The first-order chi connectivity index (χ1) is 13.0. The number of ether oxygens (including phenoxy) is 1. The molecule has 0 saturated carbocycles. The molecule has 2 aromatic carbocycles. The number of sulfonamides is 1. The lowest BCUT2D eigenvalue weighted by Gasteiger charge is -2.21. The number of rotatable bonds is 7. The molecule has 0 spiro atoms. The molecule has 0 bridgehead atoms. The number of amides is 1. The van der Waals surface area contributed by atoms with Gasteiger partial charge in [-0.2, -0.15) is 0 Å². The van der Waals surface area contributed by atoms with Gasteiger partial charge in [0.25, 0.3) is 0 Å². The molecule has 0 aromatic heterocycles. The minimum absolute atomic E-state index is 0.218. The highest BCUT2D eigenvalue weighted by Crippen LogP contribution is 2.24. The second kappa shape index (κ2) is 8.57. The van der Waals surface area contributed by atoms with E-state index in [4.69, 9.17) is 0 Å². The molecule has 28 heavy (non-hydrogen) atoms. The number of halogens is 4. The first-order valence-corrected chi connectivity index (χ1v) is 9.41. The van der Waals surface area contributed by atoms with Crippen molar-refractivity contribution in [1.82, 2.24) is 4.72 Å². The third-order valence-corrected chi connectivity index (χ3v) is 4.95. The van der Waals surface area contributed by atoms with Crippen molar-refractivity contribution in [3.05, 3.63) is 54.3 Å². The van der Waals surface area contributed by atoms with Gasteiger partial charge in [-0.15, -0.1) is 13.2 Å². The fourth-order valence-corrected chi connectivity index (χ4v) is 3.25. The first-order valence-electron chi connectivity index (χ1n) is 7.93. The van der Waals surface area contributed by atoms with Crippen LogP contribution in [0.1, 0.15) is 6.92 Å². The minimum Gasteiger partial charge on any atom is -0.406 e. The number of hydrogen-bond acceptors (Lipinski definition) is 4. The van der Waals surface area contributed by atoms with E-state index in [0.29, 0.717) is 5.69 Å². The maximum absolute atomic E-state index is 13.0. The summed E-state index contributed by atoms with van der Waals surface area (Å²) in [4.78, 5) is 13.2. The van der Waals surface area contributed by atoms with Crippen LogP contribution in [0.15, 0.2) is 53.4 Å². The summed E-state index contributed by atoms with van der Waals surface area (Å²) in [6, 6.07) is 8.63. The van der Waals surface area contributed by atoms with Crippen LogP contribution >= 0.6 is 0 Å². The fourth-order valence-electron chi connectivity index (χ4n) is 2.28. The average Bonchev–Trinajstić information content (AvgIpc) is 2.61. The fraction of sp³-hybridized carbons (Fsp3) is 0.235. The van der Waals surface area contributed by atoms with E-state index < -0.39 is 40.4 Å². The summed E-state index contributed by atoms with van der Waals surface area (Å²) in [5.41, 5.74) is 0.391. The van der Waals surface area contributed by atoms with Crippen LogP contribution in [0.4, 0.5) is 23.2 Å². The van der Waals surface area contributed by atoms with Crippen LogP contribution in [0.2, 0.25) is 0 Å². The lowest BCUT2D eigenvalue weighted by molar-refractivity contribution is -0.274. The molecule has 0 fully saturated rings. The van der Waals surface area contributed by atoms with Gasteiger partial charge in [-0.05, 0) is 55.5 Å². The molecule has 0 atom stereocenters. The molecule has 0 radical (unpaired) electrons. The van der Waals surface area contributed by atoms with Crippen LogP contribution in [-0.4, -0.2) is 33.8 Å². The van der Waals surface area contributed by atoms with E-state index in [1.165, 1.54) is 29.2 Å². The Labute approximate surface area is 158 Å². The molecule has 1 N–H and O–H groups in total. The van der Waals surface area contributed by atoms with Crippen LogP contribution in [0.3, 0.4) is 0 Å². The summed E-state index contributed by atoms with van der Waals surface area (Å²) in [5.74, 6) is -1.64. The third-order valence-electron chi connectivity index (χ3n) is 3.54. The molecule has 0 aliphatic heterocycles. The van der Waals surface area contributed by atoms with Crippen molar-refractivity contribution >= 4 is 21.6 Å². The monoisotopic (exact) mass is 420 g/mol. The van der Waals surface area contributed by atoms with Crippen molar-refractivity contribution in [3.63, 3.8) is 0 Å². The Bertz CT molecular complexity index is 914. The van der Waals surface area contributed by atoms with Crippen molar-refractivity contribution in [2.24, 2.45) is 0 Å². The molecule has 152 valence electrons. The zero-order valence-electron chi connectivity index (χ0n) is 14.5. The molecular formula is C17H16F4N2O4S. The Kier molecular flexibility index (Phi) is 6.62. The number of hydrogen-bond donors (Lipinski definition) is 1. The van der Waals surface area contributed by atoms with E-state index in [0.717, 1.165) is 24.3 Å². The van der Waals surface area contributed by atoms with Gasteiger partial charge in [0.05, 0.1) is 11.4 Å². The number of likely N-dealkylation sites (N-methyl/N-ethyl adjacent to an activating group) is 1. The molecule has 0 aliphatic carbocycles. The number of anilines is 1. The van der Waals surface area contributed by atoms with E-state index in [1.807, 2.05) is 0 Å². The number of benzene rings is 2. The van der Waals surface area contributed by atoms with Gasteiger partial charge in [-0.3, -0.25) is 4.79 Å². The quantitative estimate of drug-likeness (QED) is 0.699. The minimum atomic E-state index is -4.89. The summed E-state index contributed by atoms with van der Waals surface area (Å²) >= 11 is 0. The Morgan fingerprint density at radius 2 is 1.64 bits per heavy atom. The molecule has 0 aliphatic rings. The van der Waals surface area contributed by atoms with Crippen molar-refractivity contribution in [3.8, 4) is 5.75 Å². The standard InChI is InChI=1S/C17H16F4N2O4S/c1-2-23(13-5-3-12(18)4-6-13)16(24)11-22-28(25,26)15-9-7-14(8-10-15)27-17(19,20)21/h3-10,22H,2,11H2,1H3. The first kappa shape index (κ1) is 21.6. The lowest BCUT2D eigenvalue weighted by Crippen LogP contribution is -2.40. The summed E-state index contributed by atoms with van der Waals surface area (Å²) in [7, 11) is -4.14. The maximum atomic E-state index is 13.0. The van der Waals surface area contributed by atoms with Crippen molar-refractivity contribution in [1.29, 1.82) is 0 Å². The Morgan fingerprint density at radius 3 is 2.14 bits per heavy atom. The van der Waals surface area contributed by atoms with Gasteiger partial charge in [-0.25, -0.2) is 17.5 Å². The Balaban J connectivity index is 2.05. The highest BCUT2D eigenvalue weighted by Gasteiger charge is 2.31. The highest BCUT2D eigenvalue weighted by molar-refractivity contribution is 7.89. The highest BCUT2D eigenvalue weighted by atomic mass is 32.2. The van der Waals surface area contributed by atoms with Crippen LogP contribution < -0.4 is 14.4 Å². The zero-order chi connectivity index (χ0) is 20.9. The molecule has 1 amide bonds. The van der Waals surface area contributed by atoms with Gasteiger partial charge in [0.2, 0.25) is 15.9 Å². The van der Waals surface area contributed by atoms with Gasteiger partial charge in [-0.1, -0.05) is 0 Å². The molecule has 6 nitrogen and oxygen atoms in total. The van der Waals surface area contributed by atoms with E-state index in [-0.39, 0.29) is 11.4 Å². The Hall–Kier alpha value is -2.66. The van der Waals surface area contributed by atoms with Gasteiger partial charge < -0.3 is 9.64 Å². The molecule has 2 aromatic rings. The topological polar surface area (TPSA) is 75.7 Å². The van der Waals surface area contributed by atoms with Crippen molar-refractivity contribution in [2.45, 2.75) is 18.2 Å². The molecule has 11 heteroatoms. The lowest BCUT2D eigenvalue weighted by atomic mass is 10.2. The predicted octanol–water partition coefficient (Wildman–Crippen LogP) is 3.06. The SMILES string of the molecule is CCN(C(=O)CNS(=O)(=O)c1ccc(OC(F)(F)F)cc1)c1ccc(F)cc1. The molecule has 2 rings (SSSR count). The number of nitrogens with zero attached hydrogens (tertiary/aromatic N) is 1. The van der Waals surface area contributed by atoms with Gasteiger partial charge >= 0.3 is 6.36 Å². The summed E-state index contributed by atoms with van der Waals surface area (Å²) in [5, 5.41) is 0. The van der Waals surface area contributed by atoms with Gasteiger partial charge in [0.15, 0.2) is 0 Å². The molecule has 0 saturated heterocycles. The van der Waals surface area contributed by atoms with E-state index >= 15 is 0 Å². The molecule has 0 unspecified atom stereocenters. The van der Waals surface area contributed by atoms with Crippen LogP contribution in [0, 0.1) is 5.82 Å². The number of carbonyl (C=O) groups is 1. The molecular weight excluding hydrogens is 404 g/mol. The van der Waals surface area contributed by atoms with Crippen molar-refractivity contribution in [2.75, 3.05) is 18.0 Å². The predicted molar refractivity (Wildman–Crippen MR) is 92.7 cm³/mol. The van der Waals surface area contributed by atoms with Crippen LogP contribution in [0.5, 0.6) is 5.75 Å². The van der Waals surface area contributed by atoms with Crippen molar-refractivity contribution < 1.29 is 35.5 Å². The number of alkyl halides is 3. The summed E-state index contributed by atoms with van der Waals surface area (Å²) in [6.07, 6.45) is -4.89. The summed E-state index contributed by atoms with van der Waals surface area (Å²) in [6.45, 7) is 1.29. The van der Waals surface area contributed by atoms with Crippen LogP contribution in [-0.2, 0) is 14.8 Å². The van der Waals surface area contributed by atoms with Crippen LogP contribution in [0.25, 0.3) is 0 Å². The largest absolute Gasteiger partial charge is 0.573 e.